The van der Waals surface area contributed by atoms with Gasteiger partial charge in [-0.2, -0.15) is 0 Å². The van der Waals surface area contributed by atoms with Crippen LogP contribution < -0.4 is 5.73 Å². The molecule has 3 nitrogen and oxygen atoms in total. The fourth-order valence-electron chi connectivity index (χ4n) is 1.94. The fourth-order valence-corrected chi connectivity index (χ4v) is 2.19. The van der Waals surface area contributed by atoms with Gasteiger partial charge in [-0.05, 0) is 46.1 Å². The largest absolute Gasteiger partial charge is 0.398 e. The van der Waals surface area contributed by atoms with Crippen molar-refractivity contribution in [3.05, 3.63) is 64.1 Å². The molecule has 0 aliphatic rings. The second-order valence-electron chi connectivity index (χ2n) is 4.70. The van der Waals surface area contributed by atoms with Crippen molar-refractivity contribution in [3.8, 4) is 0 Å². The van der Waals surface area contributed by atoms with E-state index in [1.807, 2.05) is 25.2 Å². The van der Waals surface area contributed by atoms with Crippen LogP contribution in [-0.2, 0) is 6.42 Å². The number of rotatable bonds is 4. The van der Waals surface area contributed by atoms with E-state index in [4.69, 9.17) is 5.73 Å². The highest BCUT2D eigenvalue weighted by molar-refractivity contribution is 9.10. The van der Waals surface area contributed by atoms with E-state index in [1.54, 1.807) is 23.1 Å². The number of hydrogen-bond acceptors (Lipinski definition) is 2. The van der Waals surface area contributed by atoms with Gasteiger partial charge in [0.25, 0.3) is 5.91 Å². The van der Waals surface area contributed by atoms with Gasteiger partial charge in [0.15, 0.2) is 0 Å². The summed E-state index contributed by atoms with van der Waals surface area (Å²) in [5.41, 5.74) is 8.22. The monoisotopic (exact) mass is 332 g/mol. The van der Waals surface area contributed by atoms with Gasteiger partial charge in [0, 0.05) is 29.3 Å². The second kappa shape index (κ2) is 6.57. The molecule has 20 heavy (non-hydrogen) atoms. The van der Waals surface area contributed by atoms with Crippen LogP contribution in [0.25, 0.3) is 0 Å². The average molecular weight is 333 g/mol. The molecule has 0 spiro atoms. The molecule has 4 heteroatoms. The number of carbonyl (C=O) groups is 1. The first-order valence-electron chi connectivity index (χ1n) is 6.42. The molecule has 0 aromatic heterocycles. The van der Waals surface area contributed by atoms with Crippen LogP contribution in [0.1, 0.15) is 15.9 Å². The molecule has 0 saturated heterocycles. The van der Waals surface area contributed by atoms with Crippen LogP contribution >= 0.6 is 15.9 Å². The maximum atomic E-state index is 12.3. The third-order valence-corrected chi connectivity index (χ3v) is 3.89. The summed E-state index contributed by atoms with van der Waals surface area (Å²) in [5, 5.41) is 0. The number of nitrogens with two attached hydrogens (primary N) is 1. The van der Waals surface area contributed by atoms with Gasteiger partial charge in [-0.3, -0.25) is 4.79 Å². The van der Waals surface area contributed by atoms with Crippen molar-refractivity contribution in [1.29, 1.82) is 0 Å². The highest BCUT2D eigenvalue weighted by Gasteiger charge is 2.12. The molecule has 0 unspecified atom stereocenters. The van der Waals surface area contributed by atoms with E-state index >= 15 is 0 Å². The van der Waals surface area contributed by atoms with Crippen LogP contribution in [0.15, 0.2) is 53.0 Å². The van der Waals surface area contributed by atoms with E-state index in [-0.39, 0.29) is 5.91 Å². The Bertz CT molecular complexity index is 599. The summed E-state index contributed by atoms with van der Waals surface area (Å²) in [6, 6.07) is 15.4. The molecule has 2 N–H and O–H groups in total. The molecule has 1 amide bonds. The summed E-state index contributed by atoms with van der Waals surface area (Å²) in [7, 11) is 1.81. The van der Waals surface area contributed by atoms with Crippen molar-refractivity contribution in [3.63, 3.8) is 0 Å². The summed E-state index contributed by atoms with van der Waals surface area (Å²) < 4.78 is 0.806. The minimum absolute atomic E-state index is 0.0138. The SMILES string of the molecule is CN(CCc1ccccc1)C(=O)c1ccc(Br)c(N)c1. The molecule has 2 aromatic rings. The van der Waals surface area contributed by atoms with Crippen molar-refractivity contribution in [1.82, 2.24) is 4.90 Å². The highest BCUT2D eigenvalue weighted by atomic mass is 79.9. The van der Waals surface area contributed by atoms with Gasteiger partial charge in [0.1, 0.15) is 0 Å². The molecule has 2 rings (SSSR count). The van der Waals surface area contributed by atoms with Crippen LogP contribution in [0.5, 0.6) is 0 Å². The lowest BCUT2D eigenvalue weighted by Crippen LogP contribution is -2.28. The Balaban J connectivity index is 1.99. The zero-order chi connectivity index (χ0) is 14.5. The summed E-state index contributed by atoms with van der Waals surface area (Å²) in [5.74, 6) is -0.0138. The molecule has 0 saturated carbocycles. The van der Waals surface area contributed by atoms with Crippen LogP contribution in [0, 0.1) is 0 Å². The maximum absolute atomic E-state index is 12.3. The Hall–Kier alpha value is -1.81. The predicted molar refractivity (Wildman–Crippen MR) is 85.7 cm³/mol. The fraction of sp³-hybridized carbons (Fsp3) is 0.188. The first kappa shape index (κ1) is 14.6. The molecule has 0 bridgehead atoms. The molecule has 0 heterocycles. The number of likely N-dealkylation sites (N-methyl/N-ethyl adjacent to an activating group) is 1. The zero-order valence-electron chi connectivity index (χ0n) is 11.3. The van der Waals surface area contributed by atoms with E-state index in [0.717, 1.165) is 10.9 Å². The van der Waals surface area contributed by atoms with Crippen molar-refractivity contribution in [2.75, 3.05) is 19.3 Å². The second-order valence-corrected chi connectivity index (χ2v) is 5.55. The van der Waals surface area contributed by atoms with Crippen molar-refractivity contribution < 1.29 is 4.79 Å². The number of halogens is 1. The Morgan fingerprint density at radius 1 is 1.20 bits per heavy atom. The quantitative estimate of drug-likeness (QED) is 0.873. The molecular weight excluding hydrogens is 316 g/mol. The Labute approximate surface area is 127 Å². The first-order chi connectivity index (χ1) is 9.58. The molecule has 104 valence electrons. The average Bonchev–Trinajstić information content (AvgIpc) is 2.48. The molecule has 0 aliphatic heterocycles. The van der Waals surface area contributed by atoms with Crippen LogP contribution in [0.3, 0.4) is 0 Å². The molecule has 0 radical (unpaired) electrons. The Kier molecular flexibility index (Phi) is 4.79. The van der Waals surface area contributed by atoms with Crippen molar-refractivity contribution >= 4 is 27.5 Å². The van der Waals surface area contributed by atoms with E-state index < -0.39 is 0 Å². The van der Waals surface area contributed by atoms with Crippen molar-refractivity contribution in [2.24, 2.45) is 0 Å². The number of carbonyl (C=O) groups excluding carboxylic acids is 1. The number of hydrogen-bond donors (Lipinski definition) is 1. The molecular formula is C16H17BrN2O. The minimum Gasteiger partial charge on any atom is -0.398 e. The highest BCUT2D eigenvalue weighted by Crippen LogP contribution is 2.20. The van der Waals surface area contributed by atoms with Gasteiger partial charge < -0.3 is 10.6 Å². The summed E-state index contributed by atoms with van der Waals surface area (Å²) >= 11 is 3.33. The van der Waals surface area contributed by atoms with Gasteiger partial charge in [-0.15, -0.1) is 0 Å². The van der Waals surface area contributed by atoms with E-state index in [9.17, 15) is 4.79 Å². The lowest BCUT2D eigenvalue weighted by molar-refractivity contribution is 0.0796. The number of benzene rings is 2. The number of amides is 1. The standard InChI is InChI=1S/C16H17BrN2O/c1-19(10-9-12-5-3-2-4-6-12)16(20)13-7-8-14(17)15(18)11-13/h2-8,11H,9-10,18H2,1H3. The molecule has 0 fully saturated rings. The van der Waals surface area contributed by atoms with Gasteiger partial charge in [-0.25, -0.2) is 0 Å². The lowest BCUT2D eigenvalue weighted by Gasteiger charge is -2.17. The lowest BCUT2D eigenvalue weighted by atomic mass is 10.1. The number of nitrogens with zero attached hydrogens (tertiary/aromatic N) is 1. The van der Waals surface area contributed by atoms with Gasteiger partial charge in [0.05, 0.1) is 0 Å². The normalized spacial score (nSPS) is 10.3. The topological polar surface area (TPSA) is 46.3 Å². The minimum atomic E-state index is -0.0138. The molecule has 0 atom stereocenters. The van der Waals surface area contributed by atoms with E-state index in [1.165, 1.54) is 5.56 Å². The van der Waals surface area contributed by atoms with E-state index in [2.05, 4.69) is 28.1 Å². The number of anilines is 1. The smallest absolute Gasteiger partial charge is 0.253 e. The Morgan fingerprint density at radius 3 is 2.55 bits per heavy atom. The predicted octanol–water partition coefficient (Wildman–Crippen LogP) is 3.35. The van der Waals surface area contributed by atoms with Gasteiger partial charge in [0.2, 0.25) is 0 Å². The summed E-state index contributed by atoms with van der Waals surface area (Å²) in [4.78, 5) is 14.0. The van der Waals surface area contributed by atoms with Gasteiger partial charge >= 0.3 is 0 Å². The first-order valence-corrected chi connectivity index (χ1v) is 7.21. The Morgan fingerprint density at radius 2 is 1.90 bits per heavy atom. The summed E-state index contributed by atoms with van der Waals surface area (Å²) in [6.07, 6.45) is 0.842. The van der Waals surface area contributed by atoms with E-state index in [0.29, 0.717) is 17.8 Å². The summed E-state index contributed by atoms with van der Waals surface area (Å²) in [6.45, 7) is 0.679. The number of nitrogen functional groups attached to an aromatic ring is 1. The van der Waals surface area contributed by atoms with Crippen LogP contribution in [0.4, 0.5) is 5.69 Å². The molecule has 0 aliphatic carbocycles. The molecule has 2 aromatic carbocycles. The van der Waals surface area contributed by atoms with Crippen LogP contribution in [0.2, 0.25) is 0 Å². The van der Waals surface area contributed by atoms with Crippen molar-refractivity contribution in [2.45, 2.75) is 6.42 Å². The third kappa shape index (κ3) is 3.61. The third-order valence-electron chi connectivity index (χ3n) is 3.17. The maximum Gasteiger partial charge on any atom is 0.253 e. The zero-order valence-corrected chi connectivity index (χ0v) is 12.9. The van der Waals surface area contributed by atoms with Crippen LogP contribution in [-0.4, -0.2) is 24.4 Å². The van der Waals surface area contributed by atoms with Gasteiger partial charge in [-0.1, -0.05) is 30.3 Å².